The third-order valence-corrected chi connectivity index (χ3v) is 3.36. The van der Waals surface area contributed by atoms with Gasteiger partial charge in [0.1, 0.15) is 5.78 Å². The lowest BCUT2D eigenvalue weighted by atomic mass is 9.86. The number of carbonyl (C=O) groups excluding carboxylic acids is 1. The van der Waals surface area contributed by atoms with Crippen molar-refractivity contribution in [2.75, 3.05) is 13.7 Å². The molecule has 2 aromatic carbocycles. The van der Waals surface area contributed by atoms with Gasteiger partial charge in [0.25, 0.3) is 0 Å². The molecule has 20 heavy (non-hydrogen) atoms. The first kappa shape index (κ1) is 14.5. The first-order chi connectivity index (χ1) is 9.83. The van der Waals surface area contributed by atoms with Gasteiger partial charge < -0.3 is 4.74 Å². The minimum absolute atomic E-state index is 0.172. The van der Waals surface area contributed by atoms with E-state index in [1.165, 1.54) is 0 Å². The Balaban J connectivity index is 2.23. The minimum atomic E-state index is -0.172. The number of Topliss-reactive ketones (excluding diaryl/α,β-unsaturated/α-hetero) is 1. The van der Waals surface area contributed by atoms with E-state index in [-0.39, 0.29) is 11.7 Å². The number of carbonyl (C=O) groups is 1. The van der Waals surface area contributed by atoms with Crippen LogP contribution in [0.3, 0.4) is 0 Å². The highest BCUT2D eigenvalue weighted by Crippen LogP contribution is 2.27. The van der Waals surface area contributed by atoms with Gasteiger partial charge >= 0.3 is 0 Å². The molecule has 0 heterocycles. The maximum atomic E-state index is 12.6. The van der Waals surface area contributed by atoms with Crippen LogP contribution in [0, 0.1) is 0 Å². The summed E-state index contributed by atoms with van der Waals surface area (Å²) in [7, 11) is 1.66. The third-order valence-electron chi connectivity index (χ3n) is 3.36. The Morgan fingerprint density at radius 3 is 1.90 bits per heavy atom. The van der Waals surface area contributed by atoms with Crippen LogP contribution >= 0.6 is 0 Å². The topological polar surface area (TPSA) is 26.3 Å². The fraction of sp³-hybridized carbons (Fsp3) is 0.278. The molecule has 0 fully saturated rings. The van der Waals surface area contributed by atoms with E-state index in [1.807, 2.05) is 60.7 Å². The van der Waals surface area contributed by atoms with Gasteiger partial charge in [-0.1, -0.05) is 60.7 Å². The van der Waals surface area contributed by atoms with Crippen LogP contribution in [0.2, 0.25) is 0 Å². The maximum absolute atomic E-state index is 12.6. The predicted molar refractivity (Wildman–Crippen MR) is 80.8 cm³/mol. The highest BCUT2D eigenvalue weighted by molar-refractivity contribution is 5.89. The molecule has 0 unspecified atom stereocenters. The Morgan fingerprint density at radius 2 is 1.45 bits per heavy atom. The van der Waals surface area contributed by atoms with Crippen LogP contribution in [0.4, 0.5) is 0 Å². The molecule has 2 aromatic rings. The highest BCUT2D eigenvalue weighted by Gasteiger charge is 2.21. The van der Waals surface area contributed by atoms with Crippen molar-refractivity contribution in [3.05, 3.63) is 71.8 Å². The Bertz CT molecular complexity index is 480. The Morgan fingerprint density at radius 1 is 0.950 bits per heavy atom. The monoisotopic (exact) mass is 268 g/mol. The molecule has 0 aliphatic rings. The van der Waals surface area contributed by atoms with Crippen molar-refractivity contribution in [2.24, 2.45) is 0 Å². The van der Waals surface area contributed by atoms with Crippen molar-refractivity contribution in [3.63, 3.8) is 0 Å². The van der Waals surface area contributed by atoms with Crippen LogP contribution in [0.5, 0.6) is 0 Å². The molecule has 0 aliphatic carbocycles. The standard InChI is InChI=1S/C18H20O2/c1-20-14-8-13-17(19)18(15-9-4-2-5-10-15)16-11-6-3-7-12-16/h2-7,9-12,18H,8,13-14H2,1H3. The van der Waals surface area contributed by atoms with Gasteiger partial charge in [-0.25, -0.2) is 0 Å². The molecule has 2 heteroatoms. The van der Waals surface area contributed by atoms with Gasteiger partial charge in [0.2, 0.25) is 0 Å². The number of hydrogen-bond acceptors (Lipinski definition) is 2. The molecule has 0 saturated heterocycles. The number of benzene rings is 2. The molecule has 0 N–H and O–H groups in total. The van der Waals surface area contributed by atoms with Crippen molar-refractivity contribution in [1.82, 2.24) is 0 Å². The summed E-state index contributed by atoms with van der Waals surface area (Å²) in [6.45, 7) is 0.627. The zero-order chi connectivity index (χ0) is 14.2. The summed E-state index contributed by atoms with van der Waals surface area (Å²) in [6.07, 6.45) is 1.31. The van der Waals surface area contributed by atoms with E-state index in [2.05, 4.69) is 0 Å². The Labute approximate surface area is 120 Å². The summed E-state index contributed by atoms with van der Waals surface area (Å²) >= 11 is 0. The molecule has 0 atom stereocenters. The largest absolute Gasteiger partial charge is 0.385 e. The van der Waals surface area contributed by atoms with Crippen LogP contribution in [-0.4, -0.2) is 19.5 Å². The first-order valence-corrected chi connectivity index (χ1v) is 6.94. The van der Waals surface area contributed by atoms with Gasteiger partial charge in [0.05, 0.1) is 5.92 Å². The number of methoxy groups -OCH3 is 1. The van der Waals surface area contributed by atoms with Crippen LogP contribution < -0.4 is 0 Å². The smallest absolute Gasteiger partial charge is 0.144 e. The molecular weight excluding hydrogens is 248 g/mol. The average molecular weight is 268 g/mol. The molecule has 104 valence electrons. The minimum Gasteiger partial charge on any atom is -0.385 e. The third kappa shape index (κ3) is 3.78. The second kappa shape index (κ2) is 7.61. The van der Waals surface area contributed by atoms with Gasteiger partial charge in [0, 0.05) is 20.1 Å². The van der Waals surface area contributed by atoms with Crippen LogP contribution in [-0.2, 0) is 9.53 Å². The van der Waals surface area contributed by atoms with Crippen LogP contribution in [0.25, 0.3) is 0 Å². The summed E-state index contributed by atoms with van der Waals surface area (Å²) in [4.78, 5) is 12.6. The molecule has 0 aromatic heterocycles. The van der Waals surface area contributed by atoms with Gasteiger partial charge in [-0.05, 0) is 17.5 Å². The van der Waals surface area contributed by atoms with E-state index in [9.17, 15) is 4.79 Å². The normalized spacial score (nSPS) is 10.7. The quantitative estimate of drug-likeness (QED) is 0.714. The molecule has 0 amide bonds. The lowest BCUT2D eigenvalue weighted by molar-refractivity contribution is -0.119. The fourth-order valence-electron chi connectivity index (χ4n) is 2.39. The molecule has 0 radical (unpaired) electrons. The van der Waals surface area contributed by atoms with E-state index < -0.39 is 0 Å². The Hall–Kier alpha value is -1.93. The first-order valence-electron chi connectivity index (χ1n) is 6.94. The summed E-state index contributed by atoms with van der Waals surface area (Å²) in [6, 6.07) is 19.9. The lowest BCUT2D eigenvalue weighted by Gasteiger charge is -2.17. The zero-order valence-electron chi connectivity index (χ0n) is 11.8. The SMILES string of the molecule is COCCCC(=O)C(c1ccccc1)c1ccccc1. The van der Waals surface area contributed by atoms with Crippen LogP contribution in [0.1, 0.15) is 29.9 Å². The summed E-state index contributed by atoms with van der Waals surface area (Å²) < 4.78 is 5.03. The summed E-state index contributed by atoms with van der Waals surface area (Å²) in [5, 5.41) is 0. The van der Waals surface area contributed by atoms with Crippen molar-refractivity contribution < 1.29 is 9.53 Å². The van der Waals surface area contributed by atoms with Gasteiger partial charge in [-0.15, -0.1) is 0 Å². The predicted octanol–water partition coefficient (Wildman–Crippen LogP) is 3.81. The molecule has 2 rings (SSSR count). The molecular formula is C18H20O2. The maximum Gasteiger partial charge on any atom is 0.144 e. The second-order valence-corrected chi connectivity index (χ2v) is 4.82. The van der Waals surface area contributed by atoms with E-state index in [1.54, 1.807) is 7.11 Å². The number of hydrogen-bond donors (Lipinski definition) is 0. The van der Waals surface area contributed by atoms with Crippen molar-refractivity contribution in [1.29, 1.82) is 0 Å². The van der Waals surface area contributed by atoms with E-state index in [0.29, 0.717) is 13.0 Å². The summed E-state index contributed by atoms with van der Waals surface area (Å²) in [5.41, 5.74) is 2.11. The summed E-state index contributed by atoms with van der Waals surface area (Å²) in [5.74, 6) is 0.0775. The van der Waals surface area contributed by atoms with Crippen molar-refractivity contribution in [2.45, 2.75) is 18.8 Å². The average Bonchev–Trinajstić information content (AvgIpc) is 2.50. The van der Waals surface area contributed by atoms with E-state index in [4.69, 9.17) is 4.74 Å². The highest BCUT2D eigenvalue weighted by atomic mass is 16.5. The molecule has 0 bridgehead atoms. The molecule has 0 aliphatic heterocycles. The van der Waals surface area contributed by atoms with Crippen LogP contribution in [0.15, 0.2) is 60.7 Å². The zero-order valence-corrected chi connectivity index (χ0v) is 11.8. The molecule has 0 saturated carbocycles. The molecule has 2 nitrogen and oxygen atoms in total. The number of ether oxygens (including phenoxy) is 1. The van der Waals surface area contributed by atoms with Gasteiger partial charge in [-0.2, -0.15) is 0 Å². The number of ketones is 1. The van der Waals surface area contributed by atoms with Gasteiger partial charge in [-0.3, -0.25) is 4.79 Å². The van der Waals surface area contributed by atoms with Gasteiger partial charge in [0.15, 0.2) is 0 Å². The van der Waals surface area contributed by atoms with E-state index >= 15 is 0 Å². The van der Waals surface area contributed by atoms with Crippen molar-refractivity contribution in [3.8, 4) is 0 Å². The Kier molecular flexibility index (Phi) is 5.51. The number of rotatable bonds is 7. The lowest BCUT2D eigenvalue weighted by Crippen LogP contribution is -2.14. The fourth-order valence-corrected chi connectivity index (χ4v) is 2.39. The molecule has 0 spiro atoms. The van der Waals surface area contributed by atoms with Crippen molar-refractivity contribution >= 4 is 5.78 Å². The van der Waals surface area contributed by atoms with E-state index in [0.717, 1.165) is 17.5 Å². The second-order valence-electron chi connectivity index (χ2n) is 4.82.